The average Bonchev–Trinajstić information content (AvgIpc) is 3.29. The zero-order chi connectivity index (χ0) is 26.4. The molecule has 2 N–H and O–H groups in total. The molecule has 1 aliphatic carbocycles. The van der Waals surface area contributed by atoms with Crippen molar-refractivity contribution < 1.29 is 26.7 Å². The van der Waals surface area contributed by atoms with Crippen molar-refractivity contribution in [1.82, 2.24) is 19.7 Å². The standard InChI is InChI=1S/C26H20F5N5O/c1-37-25(11-10-16(15-6-3-2-4-7-15)21(23(25)32)26(29,30)31)14-36-13-20-19(12-33-36)34-24(35-20)17-8-5-9-18(27)22(17)28/h2-13,23H,14,32H2,1H3. The number of nitrogens with zero attached hydrogens (tertiary/aromatic N) is 4. The van der Waals surface area contributed by atoms with E-state index in [0.717, 1.165) is 6.07 Å². The molecule has 2 atom stereocenters. The Balaban J connectivity index is 1.52. The van der Waals surface area contributed by atoms with Gasteiger partial charge in [0.2, 0.25) is 0 Å². The van der Waals surface area contributed by atoms with Crippen molar-refractivity contribution in [2.75, 3.05) is 7.11 Å². The highest BCUT2D eigenvalue weighted by atomic mass is 19.4. The molecule has 3 aliphatic rings. The van der Waals surface area contributed by atoms with Gasteiger partial charge in [-0.2, -0.15) is 18.3 Å². The second kappa shape index (κ2) is 9.16. The van der Waals surface area contributed by atoms with Gasteiger partial charge in [-0.05, 0) is 29.3 Å². The first-order chi connectivity index (χ1) is 17.6. The SMILES string of the molecule is COC1(Cn2cc3nc(-c4cccc(F)c4F)nc-3cn2)C=CC(c2ccccc2)=C(C(F)(F)F)C1N. The number of nitrogens with two attached hydrogens (primary N) is 1. The van der Waals surface area contributed by atoms with Crippen molar-refractivity contribution >= 4 is 5.57 Å². The maximum Gasteiger partial charge on any atom is 0.414 e. The van der Waals surface area contributed by atoms with Crippen molar-refractivity contribution in [3.63, 3.8) is 0 Å². The Kier molecular flexibility index (Phi) is 6.12. The summed E-state index contributed by atoms with van der Waals surface area (Å²) in [4.78, 5) is 8.45. The fourth-order valence-electron chi connectivity index (χ4n) is 4.44. The van der Waals surface area contributed by atoms with Gasteiger partial charge in [-0.25, -0.2) is 18.7 Å². The van der Waals surface area contributed by atoms with E-state index in [1.54, 1.807) is 30.3 Å². The predicted molar refractivity (Wildman–Crippen MR) is 126 cm³/mol. The molecule has 0 saturated heterocycles. The zero-order valence-corrected chi connectivity index (χ0v) is 19.4. The first kappa shape index (κ1) is 24.7. The second-order valence-electron chi connectivity index (χ2n) is 8.55. The normalized spacial score (nSPS) is 20.1. The van der Waals surface area contributed by atoms with E-state index in [2.05, 4.69) is 15.1 Å². The lowest BCUT2D eigenvalue weighted by Crippen LogP contribution is -2.56. The van der Waals surface area contributed by atoms with E-state index in [-0.39, 0.29) is 29.2 Å². The van der Waals surface area contributed by atoms with Crippen molar-refractivity contribution in [3.8, 4) is 22.8 Å². The van der Waals surface area contributed by atoms with Crippen molar-refractivity contribution in [3.05, 3.63) is 95.8 Å². The van der Waals surface area contributed by atoms with Gasteiger partial charge in [-0.15, -0.1) is 0 Å². The van der Waals surface area contributed by atoms with Crippen LogP contribution in [0.2, 0.25) is 0 Å². The summed E-state index contributed by atoms with van der Waals surface area (Å²) in [5.41, 5.74) is 4.55. The minimum atomic E-state index is -4.72. The Bertz CT molecular complexity index is 1480. The number of allylic oxidation sites excluding steroid dienone is 2. The molecule has 0 radical (unpaired) electrons. The van der Waals surface area contributed by atoms with Crippen LogP contribution in [-0.2, 0) is 11.3 Å². The lowest BCUT2D eigenvalue weighted by Gasteiger charge is -2.40. The van der Waals surface area contributed by atoms with E-state index in [1.165, 1.54) is 48.5 Å². The minimum Gasteiger partial charge on any atom is -0.370 e. The smallest absolute Gasteiger partial charge is 0.370 e. The molecule has 190 valence electrons. The van der Waals surface area contributed by atoms with Gasteiger partial charge in [0.1, 0.15) is 17.0 Å². The van der Waals surface area contributed by atoms with Crippen LogP contribution < -0.4 is 5.73 Å². The molecule has 2 aromatic rings. The molecule has 0 spiro atoms. The van der Waals surface area contributed by atoms with E-state index in [4.69, 9.17) is 10.5 Å². The van der Waals surface area contributed by atoms with E-state index in [9.17, 15) is 22.0 Å². The highest BCUT2D eigenvalue weighted by Gasteiger charge is 2.50. The number of rotatable bonds is 5. The number of methoxy groups -OCH3 is 1. The summed E-state index contributed by atoms with van der Waals surface area (Å²) in [5.74, 6) is -2.17. The van der Waals surface area contributed by atoms with Crippen LogP contribution in [0.4, 0.5) is 22.0 Å². The lowest BCUT2D eigenvalue weighted by atomic mass is 9.79. The van der Waals surface area contributed by atoms with Gasteiger partial charge in [-0.1, -0.05) is 42.5 Å². The summed E-state index contributed by atoms with van der Waals surface area (Å²) in [6.45, 7) is -0.185. The van der Waals surface area contributed by atoms with Gasteiger partial charge in [0.05, 0.1) is 36.1 Å². The van der Waals surface area contributed by atoms with E-state index >= 15 is 0 Å². The molecule has 0 amide bonds. The Morgan fingerprint density at radius 3 is 2.46 bits per heavy atom. The molecule has 6 nitrogen and oxygen atoms in total. The first-order valence-electron chi connectivity index (χ1n) is 11.1. The van der Waals surface area contributed by atoms with E-state index < -0.39 is 35.0 Å². The summed E-state index contributed by atoms with van der Waals surface area (Å²) >= 11 is 0. The third-order valence-electron chi connectivity index (χ3n) is 6.35. The van der Waals surface area contributed by atoms with Gasteiger partial charge >= 0.3 is 6.18 Å². The molecule has 37 heavy (non-hydrogen) atoms. The molecule has 2 aromatic carbocycles. The molecule has 0 aromatic heterocycles. The highest BCUT2D eigenvalue weighted by molar-refractivity contribution is 5.80. The first-order valence-corrected chi connectivity index (χ1v) is 11.1. The van der Waals surface area contributed by atoms with Crippen LogP contribution in [0.5, 0.6) is 0 Å². The van der Waals surface area contributed by atoms with Gasteiger partial charge < -0.3 is 10.5 Å². The van der Waals surface area contributed by atoms with Gasteiger partial charge in [0.25, 0.3) is 0 Å². The maximum absolute atomic E-state index is 14.3. The molecular formula is C26H20F5N5O. The van der Waals surface area contributed by atoms with Crippen LogP contribution in [-0.4, -0.2) is 44.7 Å². The summed E-state index contributed by atoms with van der Waals surface area (Å²) in [5, 5.41) is 4.22. The molecule has 11 heteroatoms. The highest BCUT2D eigenvalue weighted by Crippen LogP contribution is 2.43. The Labute approximate surface area is 208 Å². The molecule has 2 unspecified atom stereocenters. The third-order valence-corrected chi connectivity index (χ3v) is 6.35. The van der Waals surface area contributed by atoms with E-state index in [1.807, 2.05) is 0 Å². The summed E-state index contributed by atoms with van der Waals surface area (Å²) in [6.07, 6.45) is 0.909. The molecule has 2 aliphatic heterocycles. The van der Waals surface area contributed by atoms with Crippen molar-refractivity contribution in [1.29, 1.82) is 0 Å². The van der Waals surface area contributed by atoms with E-state index in [0.29, 0.717) is 11.3 Å². The van der Waals surface area contributed by atoms with Gasteiger partial charge in [0, 0.05) is 7.11 Å². The Hall–Kier alpha value is -3.96. The summed E-state index contributed by atoms with van der Waals surface area (Å²) in [6, 6.07) is 10.2. The number of halogens is 5. The van der Waals surface area contributed by atoms with Crippen LogP contribution in [0.3, 0.4) is 0 Å². The maximum atomic E-state index is 14.3. The molecule has 0 bridgehead atoms. The van der Waals surface area contributed by atoms with Crippen LogP contribution in [0, 0.1) is 11.6 Å². The quantitative estimate of drug-likeness (QED) is 0.379. The average molecular weight is 513 g/mol. The monoisotopic (exact) mass is 513 g/mol. The molecule has 0 fully saturated rings. The lowest BCUT2D eigenvalue weighted by molar-refractivity contribution is -0.107. The molecule has 5 rings (SSSR count). The molecule has 0 saturated carbocycles. The number of alkyl halides is 3. The Morgan fingerprint density at radius 2 is 1.76 bits per heavy atom. The zero-order valence-electron chi connectivity index (χ0n) is 19.4. The number of benzene rings is 2. The number of aromatic nitrogens is 4. The van der Waals surface area contributed by atoms with Crippen molar-refractivity contribution in [2.45, 2.75) is 24.4 Å². The fraction of sp³-hybridized carbons (Fsp3) is 0.192. The van der Waals surface area contributed by atoms with Gasteiger partial charge in [-0.3, -0.25) is 4.68 Å². The number of hydrogen-bond donors (Lipinski definition) is 1. The van der Waals surface area contributed by atoms with Crippen LogP contribution >= 0.6 is 0 Å². The van der Waals surface area contributed by atoms with Crippen LogP contribution in [0.1, 0.15) is 5.56 Å². The summed E-state index contributed by atoms with van der Waals surface area (Å²) in [7, 11) is 1.28. The topological polar surface area (TPSA) is 78.8 Å². The Morgan fingerprint density at radius 1 is 1.03 bits per heavy atom. The largest absolute Gasteiger partial charge is 0.414 e. The van der Waals surface area contributed by atoms with Crippen LogP contribution in [0.25, 0.3) is 28.3 Å². The number of fused-ring (bicyclic) bond motifs is 1. The number of imidazole rings is 1. The predicted octanol–water partition coefficient (Wildman–Crippen LogP) is 5.02. The number of ether oxygens (including phenoxy) is 1. The van der Waals surface area contributed by atoms with Crippen molar-refractivity contribution in [2.24, 2.45) is 5.73 Å². The van der Waals surface area contributed by atoms with Gasteiger partial charge in [0.15, 0.2) is 17.5 Å². The summed E-state index contributed by atoms with van der Waals surface area (Å²) < 4.78 is 77.6. The minimum absolute atomic E-state index is 0.0367. The third kappa shape index (κ3) is 4.40. The fourth-order valence-corrected chi connectivity index (χ4v) is 4.44. The molecular weight excluding hydrogens is 493 g/mol. The number of hydrogen-bond acceptors (Lipinski definition) is 5. The van der Waals surface area contributed by atoms with Crippen LogP contribution in [0.15, 0.2) is 78.6 Å². The molecule has 2 heterocycles. The second-order valence-corrected chi connectivity index (χ2v) is 8.55.